The Balaban J connectivity index is 2.55. The summed E-state index contributed by atoms with van der Waals surface area (Å²) in [6, 6.07) is 0. The molecule has 0 aliphatic heterocycles. The Bertz CT molecular complexity index is 217. The first-order valence-electron chi connectivity index (χ1n) is 7.47. The van der Waals surface area contributed by atoms with Gasteiger partial charge in [0, 0.05) is 12.1 Å². The second kappa shape index (κ2) is 6.75. The minimum absolute atomic E-state index is 0.291. The Morgan fingerprint density at radius 2 is 1.94 bits per heavy atom. The van der Waals surface area contributed by atoms with Crippen LogP contribution in [0, 0.1) is 11.8 Å². The summed E-state index contributed by atoms with van der Waals surface area (Å²) in [5, 5.41) is 0. The monoisotopic (exact) mass is 240 g/mol. The maximum absolute atomic E-state index is 6.11. The van der Waals surface area contributed by atoms with Crippen LogP contribution < -0.4 is 5.73 Å². The Morgan fingerprint density at radius 3 is 2.47 bits per heavy atom. The highest BCUT2D eigenvalue weighted by Crippen LogP contribution is 2.38. The van der Waals surface area contributed by atoms with Gasteiger partial charge in [-0.2, -0.15) is 0 Å². The molecule has 1 fully saturated rings. The molecule has 0 aromatic rings. The molecule has 3 unspecified atom stereocenters. The van der Waals surface area contributed by atoms with E-state index >= 15 is 0 Å². The molecular weight excluding hydrogens is 208 g/mol. The Hall–Kier alpha value is -0.0800. The molecule has 2 N–H and O–H groups in total. The number of hydrogen-bond donors (Lipinski definition) is 1. The van der Waals surface area contributed by atoms with Crippen LogP contribution in [0.5, 0.6) is 0 Å². The molecular formula is C15H32N2. The van der Waals surface area contributed by atoms with E-state index < -0.39 is 0 Å². The van der Waals surface area contributed by atoms with Gasteiger partial charge in [0.2, 0.25) is 0 Å². The zero-order valence-electron chi connectivity index (χ0n) is 12.3. The van der Waals surface area contributed by atoms with E-state index in [1.807, 2.05) is 0 Å². The van der Waals surface area contributed by atoms with Crippen molar-refractivity contribution in [3.05, 3.63) is 0 Å². The molecule has 0 saturated heterocycles. The summed E-state index contributed by atoms with van der Waals surface area (Å²) in [7, 11) is 2.28. The van der Waals surface area contributed by atoms with Crippen molar-refractivity contribution < 1.29 is 0 Å². The van der Waals surface area contributed by atoms with Gasteiger partial charge in [-0.05, 0) is 51.1 Å². The zero-order valence-corrected chi connectivity index (χ0v) is 12.3. The highest BCUT2D eigenvalue weighted by Gasteiger charge is 2.39. The van der Waals surface area contributed by atoms with E-state index in [9.17, 15) is 0 Å². The molecule has 0 radical (unpaired) electrons. The third-order valence-electron chi connectivity index (χ3n) is 5.03. The van der Waals surface area contributed by atoms with E-state index in [1.165, 1.54) is 45.1 Å². The highest BCUT2D eigenvalue weighted by molar-refractivity contribution is 4.96. The fourth-order valence-electron chi connectivity index (χ4n) is 3.21. The molecule has 102 valence electrons. The van der Waals surface area contributed by atoms with Gasteiger partial charge in [-0.3, -0.25) is 4.90 Å². The molecule has 1 aliphatic rings. The lowest BCUT2D eigenvalue weighted by molar-refractivity contribution is 0.0393. The Kier molecular flexibility index (Phi) is 5.94. The van der Waals surface area contributed by atoms with Crippen LogP contribution in [0.4, 0.5) is 0 Å². The largest absolute Gasteiger partial charge is 0.329 e. The van der Waals surface area contributed by atoms with Crippen LogP contribution in [-0.4, -0.2) is 30.6 Å². The van der Waals surface area contributed by atoms with E-state index in [1.54, 1.807) is 0 Å². The van der Waals surface area contributed by atoms with Crippen molar-refractivity contribution in [2.24, 2.45) is 17.6 Å². The predicted octanol–water partition coefficient (Wildman–Crippen LogP) is 3.26. The summed E-state index contributed by atoms with van der Waals surface area (Å²) in [6.45, 7) is 9.10. The molecule has 0 bridgehead atoms. The predicted molar refractivity (Wildman–Crippen MR) is 76.1 cm³/mol. The smallest absolute Gasteiger partial charge is 0.0331 e. The standard InChI is InChI=1S/C15H32N2/c1-5-6-7-10-17(4)15(12-16)9-8-13(2)14(3)11-15/h13-14H,5-12,16H2,1-4H3. The van der Waals surface area contributed by atoms with E-state index in [0.29, 0.717) is 5.54 Å². The quantitative estimate of drug-likeness (QED) is 0.722. The number of likely N-dealkylation sites (N-methyl/N-ethyl adjacent to an activating group) is 1. The van der Waals surface area contributed by atoms with Gasteiger partial charge in [0.05, 0.1) is 0 Å². The summed E-state index contributed by atoms with van der Waals surface area (Å²) in [5.41, 5.74) is 6.40. The van der Waals surface area contributed by atoms with Crippen LogP contribution in [0.15, 0.2) is 0 Å². The van der Waals surface area contributed by atoms with Gasteiger partial charge < -0.3 is 5.73 Å². The summed E-state index contributed by atoms with van der Waals surface area (Å²) < 4.78 is 0. The summed E-state index contributed by atoms with van der Waals surface area (Å²) in [5.74, 6) is 1.69. The van der Waals surface area contributed by atoms with Gasteiger partial charge >= 0.3 is 0 Å². The van der Waals surface area contributed by atoms with E-state index in [0.717, 1.165) is 18.4 Å². The first-order valence-corrected chi connectivity index (χ1v) is 7.47. The minimum Gasteiger partial charge on any atom is -0.329 e. The van der Waals surface area contributed by atoms with Crippen molar-refractivity contribution >= 4 is 0 Å². The Labute approximate surface area is 108 Å². The van der Waals surface area contributed by atoms with Crippen LogP contribution in [0.3, 0.4) is 0 Å². The normalized spacial score (nSPS) is 34.2. The number of nitrogens with zero attached hydrogens (tertiary/aromatic N) is 1. The van der Waals surface area contributed by atoms with Gasteiger partial charge in [-0.25, -0.2) is 0 Å². The first-order chi connectivity index (χ1) is 8.05. The van der Waals surface area contributed by atoms with Crippen LogP contribution in [0.2, 0.25) is 0 Å². The van der Waals surface area contributed by atoms with Crippen molar-refractivity contribution in [2.75, 3.05) is 20.1 Å². The third-order valence-corrected chi connectivity index (χ3v) is 5.03. The molecule has 1 rings (SSSR count). The maximum Gasteiger partial charge on any atom is 0.0331 e. The number of hydrogen-bond acceptors (Lipinski definition) is 2. The molecule has 0 spiro atoms. The van der Waals surface area contributed by atoms with Gasteiger partial charge in [0.15, 0.2) is 0 Å². The average Bonchev–Trinajstić information content (AvgIpc) is 2.33. The van der Waals surface area contributed by atoms with Crippen LogP contribution >= 0.6 is 0 Å². The van der Waals surface area contributed by atoms with Crippen molar-refractivity contribution in [3.8, 4) is 0 Å². The number of rotatable bonds is 6. The van der Waals surface area contributed by atoms with E-state index in [-0.39, 0.29) is 0 Å². The molecule has 17 heavy (non-hydrogen) atoms. The zero-order chi connectivity index (χ0) is 12.9. The second-order valence-corrected chi connectivity index (χ2v) is 6.25. The lowest BCUT2D eigenvalue weighted by Crippen LogP contribution is -2.55. The van der Waals surface area contributed by atoms with Crippen LogP contribution in [0.1, 0.15) is 59.3 Å². The minimum atomic E-state index is 0.291. The molecule has 2 heteroatoms. The van der Waals surface area contributed by atoms with Crippen molar-refractivity contribution in [1.82, 2.24) is 4.90 Å². The van der Waals surface area contributed by atoms with Crippen molar-refractivity contribution in [3.63, 3.8) is 0 Å². The summed E-state index contributed by atoms with van der Waals surface area (Å²) >= 11 is 0. The molecule has 2 nitrogen and oxygen atoms in total. The number of unbranched alkanes of at least 4 members (excludes halogenated alkanes) is 2. The number of nitrogens with two attached hydrogens (primary N) is 1. The molecule has 0 aromatic carbocycles. The molecule has 3 atom stereocenters. The summed E-state index contributed by atoms with van der Waals surface area (Å²) in [6.07, 6.45) is 7.88. The van der Waals surface area contributed by atoms with E-state index in [4.69, 9.17) is 5.73 Å². The van der Waals surface area contributed by atoms with Crippen molar-refractivity contribution in [1.29, 1.82) is 0 Å². The molecule has 0 aromatic heterocycles. The lowest BCUT2D eigenvalue weighted by Gasteiger charge is -2.48. The van der Waals surface area contributed by atoms with Crippen molar-refractivity contribution in [2.45, 2.75) is 64.8 Å². The second-order valence-electron chi connectivity index (χ2n) is 6.25. The van der Waals surface area contributed by atoms with Gasteiger partial charge in [0.1, 0.15) is 0 Å². The van der Waals surface area contributed by atoms with Gasteiger partial charge in [-0.15, -0.1) is 0 Å². The van der Waals surface area contributed by atoms with Gasteiger partial charge in [-0.1, -0.05) is 33.6 Å². The average molecular weight is 240 g/mol. The topological polar surface area (TPSA) is 29.3 Å². The lowest BCUT2D eigenvalue weighted by atomic mass is 9.70. The van der Waals surface area contributed by atoms with E-state index in [2.05, 4.69) is 32.7 Å². The third kappa shape index (κ3) is 3.69. The van der Waals surface area contributed by atoms with Gasteiger partial charge in [0.25, 0.3) is 0 Å². The molecule has 1 aliphatic carbocycles. The highest BCUT2D eigenvalue weighted by atomic mass is 15.2. The van der Waals surface area contributed by atoms with Crippen LogP contribution in [0.25, 0.3) is 0 Å². The molecule has 0 heterocycles. The maximum atomic E-state index is 6.11. The fraction of sp³-hybridized carbons (Fsp3) is 1.00. The molecule has 1 saturated carbocycles. The SMILES string of the molecule is CCCCCN(C)C1(CN)CCC(C)C(C)C1. The van der Waals surface area contributed by atoms with Crippen LogP contribution in [-0.2, 0) is 0 Å². The Morgan fingerprint density at radius 1 is 1.24 bits per heavy atom. The summed E-state index contributed by atoms with van der Waals surface area (Å²) in [4.78, 5) is 2.56. The fourth-order valence-corrected chi connectivity index (χ4v) is 3.21. The first kappa shape index (κ1) is 15.0. The molecule has 0 amide bonds.